The van der Waals surface area contributed by atoms with E-state index >= 15 is 3.74 Å². The van der Waals surface area contributed by atoms with Gasteiger partial charge in [0.1, 0.15) is 0 Å². The zero-order valence-corrected chi connectivity index (χ0v) is 19.4. The van der Waals surface area contributed by atoms with E-state index in [1.807, 2.05) is 54.6 Å². The second kappa shape index (κ2) is 7.55. The second-order valence-corrected chi connectivity index (χ2v) is 13.7. The molecular formula is C30H21AsO. The van der Waals surface area contributed by atoms with Gasteiger partial charge in [-0.3, -0.25) is 0 Å². The SMILES string of the molecule is O=[As](c1cccc2ccccc12)(c1cccc2ccccc12)c1cccc2ccccc12. The first-order valence-corrected chi connectivity index (χ1v) is 14.4. The molecule has 0 heterocycles. The molecule has 0 aromatic heterocycles. The second-order valence-electron chi connectivity index (χ2n) is 8.10. The number of rotatable bonds is 3. The molecule has 0 unspecified atom stereocenters. The molecule has 152 valence electrons. The Hall–Kier alpha value is -3.54. The van der Waals surface area contributed by atoms with Crippen LogP contribution in [0.5, 0.6) is 0 Å². The van der Waals surface area contributed by atoms with Gasteiger partial charge in [0.15, 0.2) is 0 Å². The topological polar surface area (TPSA) is 17.1 Å². The van der Waals surface area contributed by atoms with Crippen LogP contribution >= 0.6 is 0 Å². The van der Waals surface area contributed by atoms with Crippen molar-refractivity contribution in [3.8, 4) is 0 Å². The van der Waals surface area contributed by atoms with E-state index in [1.54, 1.807) is 0 Å². The average Bonchev–Trinajstić information content (AvgIpc) is 2.87. The molecule has 0 atom stereocenters. The summed E-state index contributed by atoms with van der Waals surface area (Å²) in [6.07, 6.45) is 0. The first kappa shape index (κ1) is 19.2. The molecule has 0 saturated heterocycles. The standard InChI is InChI=1S/C30H21AsO/c32-31(28-19-7-13-22-10-1-4-16-25(22)28,29-20-8-14-23-11-2-5-17-26(23)29)30-21-9-15-24-12-3-6-18-27(24)30/h1-21H. The Labute approximate surface area is 189 Å². The van der Waals surface area contributed by atoms with Gasteiger partial charge in [-0.2, -0.15) is 0 Å². The third kappa shape index (κ3) is 2.86. The summed E-state index contributed by atoms with van der Waals surface area (Å²) in [4.78, 5) is 0. The quantitative estimate of drug-likeness (QED) is 0.309. The first-order valence-electron chi connectivity index (χ1n) is 10.8. The number of hydrogen-bond donors (Lipinski definition) is 0. The van der Waals surface area contributed by atoms with E-state index in [2.05, 4.69) is 72.8 Å². The summed E-state index contributed by atoms with van der Waals surface area (Å²) >= 11 is -4.11. The molecule has 0 amide bonds. The fraction of sp³-hybridized carbons (Fsp3) is 0. The predicted molar refractivity (Wildman–Crippen MR) is 137 cm³/mol. The molecule has 32 heavy (non-hydrogen) atoms. The Kier molecular flexibility index (Phi) is 4.52. The molecule has 0 saturated carbocycles. The Morgan fingerprint density at radius 2 is 0.625 bits per heavy atom. The van der Waals surface area contributed by atoms with Crippen LogP contribution in [-0.2, 0) is 3.74 Å². The van der Waals surface area contributed by atoms with Gasteiger partial charge < -0.3 is 0 Å². The van der Waals surface area contributed by atoms with Crippen LogP contribution in [0.1, 0.15) is 0 Å². The minimum atomic E-state index is -4.11. The fourth-order valence-corrected chi connectivity index (χ4v) is 11.8. The van der Waals surface area contributed by atoms with E-state index < -0.39 is 13.5 Å². The Balaban J connectivity index is 1.82. The van der Waals surface area contributed by atoms with Crippen LogP contribution in [0, 0.1) is 0 Å². The number of fused-ring (bicyclic) bond motifs is 3. The van der Waals surface area contributed by atoms with Crippen molar-refractivity contribution in [1.29, 1.82) is 0 Å². The summed E-state index contributed by atoms with van der Waals surface area (Å²) in [5.74, 6) is 0. The van der Waals surface area contributed by atoms with Gasteiger partial charge in [0.05, 0.1) is 0 Å². The molecule has 0 aliphatic rings. The number of benzene rings is 6. The van der Waals surface area contributed by atoms with Crippen molar-refractivity contribution in [3.63, 3.8) is 0 Å². The summed E-state index contributed by atoms with van der Waals surface area (Å²) in [5, 5.41) is 6.56. The monoisotopic (exact) mass is 472 g/mol. The van der Waals surface area contributed by atoms with E-state index in [0.717, 1.165) is 45.4 Å². The van der Waals surface area contributed by atoms with Gasteiger partial charge in [-0.1, -0.05) is 0 Å². The Morgan fingerprint density at radius 3 is 0.969 bits per heavy atom. The van der Waals surface area contributed by atoms with Crippen LogP contribution in [0.25, 0.3) is 32.3 Å². The third-order valence-electron chi connectivity index (χ3n) is 6.32. The zero-order valence-electron chi connectivity index (χ0n) is 17.5. The summed E-state index contributed by atoms with van der Waals surface area (Å²) in [6.45, 7) is 0. The van der Waals surface area contributed by atoms with E-state index in [-0.39, 0.29) is 0 Å². The van der Waals surface area contributed by atoms with Crippen molar-refractivity contribution in [2.45, 2.75) is 0 Å². The molecule has 0 radical (unpaired) electrons. The normalized spacial score (nSPS) is 11.9. The van der Waals surface area contributed by atoms with Gasteiger partial charge in [0.25, 0.3) is 0 Å². The van der Waals surface area contributed by atoms with Crippen molar-refractivity contribution < 1.29 is 3.74 Å². The van der Waals surface area contributed by atoms with Gasteiger partial charge in [-0.15, -0.1) is 0 Å². The molecule has 2 heteroatoms. The molecule has 0 aliphatic heterocycles. The molecular weight excluding hydrogens is 451 g/mol. The van der Waals surface area contributed by atoms with Crippen LogP contribution in [0.4, 0.5) is 0 Å². The van der Waals surface area contributed by atoms with Gasteiger partial charge in [-0.25, -0.2) is 0 Å². The Bertz CT molecular complexity index is 1450. The van der Waals surface area contributed by atoms with Crippen LogP contribution in [-0.4, -0.2) is 13.5 Å². The molecule has 6 rings (SSSR count). The average molecular weight is 472 g/mol. The maximum atomic E-state index is 15.7. The molecule has 6 aromatic carbocycles. The van der Waals surface area contributed by atoms with Crippen LogP contribution in [0.2, 0.25) is 0 Å². The summed E-state index contributed by atoms with van der Waals surface area (Å²) in [6, 6.07) is 43.5. The maximum absolute atomic E-state index is 15.7. The molecule has 0 bridgehead atoms. The van der Waals surface area contributed by atoms with E-state index in [0.29, 0.717) is 0 Å². The van der Waals surface area contributed by atoms with Crippen molar-refractivity contribution >= 4 is 58.9 Å². The molecule has 0 fully saturated rings. The van der Waals surface area contributed by atoms with E-state index in [9.17, 15) is 0 Å². The number of hydrogen-bond acceptors (Lipinski definition) is 1. The van der Waals surface area contributed by atoms with Crippen molar-refractivity contribution in [2.75, 3.05) is 0 Å². The van der Waals surface area contributed by atoms with Crippen molar-refractivity contribution in [1.82, 2.24) is 0 Å². The fourth-order valence-electron chi connectivity index (χ4n) is 4.84. The Morgan fingerprint density at radius 1 is 0.344 bits per heavy atom. The van der Waals surface area contributed by atoms with E-state index in [1.165, 1.54) is 0 Å². The van der Waals surface area contributed by atoms with E-state index in [4.69, 9.17) is 0 Å². The van der Waals surface area contributed by atoms with Crippen LogP contribution < -0.4 is 13.1 Å². The summed E-state index contributed by atoms with van der Waals surface area (Å²) in [7, 11) is 0. The molecule has 0 N–H and O–H groups in total. The van der Waals surface area contributed by atoms with Gasteiger partial charge in [0.2, 0.25) is 0 Å². The summed E-state index contributed by atoms with van der Waals surface area (Å²) in [5.41, 5.74) is 0. The van der Waals surface area contributed by atoms with Gasteiger partial charge in [-0.05, 0) is 0 Å². The van der Waals surface area contributed by atoms with Crippen molar-refractivity contribution in [2.24, 2.45) is 0 Å². The third-order valence-corrected chi connectivity index (χ3v) is 13.0. The van der Waals surface area contributed by atoms with Gasteiger partial charge in [0, 0.05) is 0 Å². The molecule has 0 aliphatic carbocycles. The predicted octanol–water partition coefficient (Wildman–Crippen LogP) is 5.54. The molecule has 1 nitrogen and oxygen atoms in total. The summed E-state index contributed by atoms with van der Waals surface area (Å²) < 4.78 is 18.6. The van der Waals surface area contributed by atoms with Crippen LogP contribution in [0.3, 0.4) is 0 Å². The van der Waals surface area contributed by atoms with Crippen molar-refractivity contribution in [3.05, 3.63) is 127 Å². The molecule has 0 spiro atoms. The van der Waals surface area contributed by atoms with Crippen LogP contribution in [0.15, 0.2) is 127 Å². The first-order chi connectivity index (χ1) is 15.8. The molecule has 6 aromatic rings. The zero-order chi connectivity index (χ0) is 21.5. The minimum absolute atomic E-state index is 0.953. The van der Waals surface area contributed by atoms with Gasteiger partial charge >= 0.3 is 190 Å².